The molecule has 0 radical (unpaired) electrons. The highest BCUT2D eigenvalue weighted by Gasteiger charge is 2.25. The van der Waals surface area contributed by atoms with Crippen LogP contribution in [0.1, 0.15) is 194 Å². The third-order valence-electron chi connectivity index (χ3n) is 7.59. The lowest BCUT2D eigenvalue weighted by molar-refractivity contribution is 0.270. The lowest BCUT2D eigenvalue weighted by Crippen LogP contribution is -2.19. The average molecular weight is 566 g/mol. The van der Waals surface area contributed by atoms with Crippen LogP contribution in [0.4, 0.5) is 4.39 Å². The maximum Gasteiger partial charge on any atom is 0.299 e. The number of alkyl halides is 1. The van der Waals surface area contributed by atoms with Gasteiger partial charge in [0.15, 0.2) is 0 Å². The highest BCUT2D eigenvalue weighted by molar-refractivity contribution is 7.87. The normalized spacial score (nSPS) is 12.5. The Kier molecular flexibility index (Phi) is 32.9. The summed E-state index contributed by atoms with van der Waals surface area (Å²) in [6.07, 6.45) is 33.5. The molecule has 1 unspecified atom stereocenters. The third kappa shape index (κ3) is 28.8. The smallest absolute Gasteiger partial charge is 0.299 e. The molecule has 1 atom stereocenters. The average Bonchev–Trinajstić information content (AvgIpc) is 2.88. The van der Waals surface area contributed by atoms with Crippen molar-refractivity contribution in [3.8, 4) is 0 Å². The Bertz CT molecular complexity index is 545. The Balaban J connectivity index is 0. The zero-order valence-corrected chi connectivity index (χ0v) is 26.6. The molecule has 0 aromatic heterocycles. The number of rotatable bonds is 31. The van der Waals surface area contributed by atoms with Gasteiger partial charge in [-0.1, -0.05) is 174 Å². The van der Waals surface area contributed by atoms with Crippen molar-refractivity contribution in [1.82, 2.24) is 6.15 Å². The lowest BCUT2D eigenvalue weighted by Gasteiger charge is -2.10. The standard InChI is InChI=1S/C32H65FO3S.H3N/c1-3-5-7-9-11-13-14-15-16-17-18-19-20-21-23-25-27-29-31-36-37(34,35)32(33)30-28-26-24-22-12-10-8-6-4-2;/h32H,3-31H2,1-2H3;1H3. The number of hydrogen-bond donors (Lipinski definition) is 1. The van der Waals surface area contributed by atoms with Crippen molar-refractivity contribution in [3.05, 3.63) is 0 Å². The van der Waals surface area contributed by atoms with Crippen molar-refractivity contribution in [1.29, 1.82) is 0 Å². The van der Waals surface area contributed by atoms with E-state index in [9.17, 15) is 12.8 Å². The molecule has 0 aromatic rings. The van der Waals surface area contributed by atoms with E-state index in [2.05, 4.69) is 13.8 Å². The maximum atomic E-state index is 14.1. The predicted octanol–water partition coefficient (Wildman–Crippen LogP) is 11.8. The van der Waals surface area contributed by atoms with Crippen LogP contribution in [0.3, 0.4) is 0 Å². The van der Waals surface area contributed by atoms with Gasteiger partial charge in [-0.3, -0.25) is 4.18 Å². The summed E-state index contributed by atoms with van der Waals surface area (Å²) in [5.74, 6) is 0. The van der Waals surface area contributed by atoms with Crippen molar-refractivity contribution in [2.45, 2.75) is 199 Å². The first-order chi connectivity index (χ1) is 18.0. The molecule has 0 aliphatic carbocycles. The molecule has 0 aliphatic rings. The fraction of sp³-hybridized carbons (Fsp3) is 1.00. The summed E-state index contributed by atoms with van der Waals surface area (Å²) in [6, 6.07) is 0. The summed E-state index contributed by atoms with van der Waals surface area (Å²) in [7, 11) is -4.06. The van der Waals surface area contributed by atoms with Gasteiger partial charge in [-0.15, -0.1) is 0 Å². The summed E-state index contributed by atoms with van der Waals surface area (Å²) in [6.45, 7) is 4.61. The van der Waals surface area contributed by atoms with Crippen molar-refractivity contribution in [2.24, 2.45) is 0 Å². The fourth-order valence-corrected chi connectivity index (χ4v) is 5.97. The Labute approximate surface area is 238 Å². The molecule has 4 nitrogen and oxygen atoms in total. The monoisotopic (exact) mass is 565 g/mol. The second-order valence-corrected chi connectivity index (χ2v) is 13.1. The fourth-order valence-electron chi connectivity index (χ4n) is 5.01. The zero-order chi connectivity index (χ0) is 27.3. The van der Waals surface area contributed by atoms with Gasteiger partial charge in [0.2, 0.25) is 5.50 Å². The zero-order valence-electron chi connectivity index (χ0n) is 25.8. The Morgan fingerprint density at radius 3 is 1.05 bits per heavy atom. The molecule has 0 saturated heterocycles. The molecule has 0 saturated carbocycles. The molecule has 232 valence electrons. The minimum Gasteiger partial charge on any atom is -0.344 e. The Hall–Kier alpha value is -0.200. The summed E-state index contributed by atoms with van der Waals surface area (Å²) in [5, 5.41) is 0. The van der Waals surface area contributed by atoms with Gasteiger partial charge in [0.05, 0.1) is 6.61 Å². The van der Waals surface area contributed by atoms with Crippen molar-refractivity contribution in [2.75, 3.05) is 6.61 Å². The molecule has 3 N–H and O–H groups in total. The van der Waals surface area contributed by atoms with E-state index in [1.54, 1.807) is 0 Å². The molecule has 0 amide bonds. The van der Waals surface area contributed by atoms with E-state index in [0.717, 1.165) is 25.7 Å². The first kappa shape index (κ1) is 39.9. The molecule has 0 aromatic carbocycles. The quantitative estimate of drug-likeness (QED) is 0.0669. The molecular weight excluding hydrogens is 497 g/mol. The van der Waals surface area contributed by atoms with Gasteiger partial charge in [0, 0.05) is 0 Å². The van der Waals surface area contributed by atoms with E-state index in [1.165, 1.54) is 135 Å². The van der Waals surface area contributed by atoms with Crippen LogP contribution >= 0.6 is 0 Å². The second kappa shape index (κ2) is 31.3. The van der Waals surface area contributed by atoms with E-state index in [0.29, 0.717) is 12.8 Å². The summed E-state index contributed by atoms with van der Waals surface area (Å²) < 4.78 is 43.0. The minimum absolute atomic E-state index is 0. The van der Waals surface area contributed by atoms with E-state index < -0.39 is 15.6 Å². The molecule has 0 rings (SSSR count). The van der Waals surface area contributed by atoms with Crippen molar-refractivity contribution in [3.63, 3.8) is 0 Å². The van der Waals surface area contributed by atoms with Crippen LogP contribution in [0.2, 0.25) is 0 Å². The van der Waals surface area contributed by atoms with Gasteiger partial charge in [-0.05, 0) is 19.3 Å². The van der Waals surface area contributed by atoms with Crippen molar-refractivity contribution < 1.29 is 17.0 Å². The highest BCUT2D eigenvalue weighted by atomic mass is 32.2. The first-order valence-corrected chi connectivity index (χ1v) is 18.0. The van der Waals surface area contributed by atoms with Gasteiger partial charge in [0.1, 0.15) is 0 Å². The molecule has 6 heteroatoms. The minimum atomic E-state index is -4.06. The third-order valence-corrected chi connectivity index (χ3v) is 8.95. The van der Waals surface area contributed by atoms with E-state index in [-0.39, 0.29) is 19.2 Å². The van der Waals surface area contributed by atoms with Crippen LogP contribution in [0, 0.1) is 0 Å². The summed E-state index contributed by atoms with van der Waals surface area (Å²) in [5.41, 5.74) is -1.87. The van der Waals surface area contributed by atoms with E-state index in [1.807, 2.05) is 0 Å². The SMILES string of the molecule is CCCCCCCCCCCCCCCCCCCCOS(=O)(=O)C(F)CCCCCCCCCCC.N. The van der Waals surface area contributed by atoms with Gasteiger partial charge >= 0.3 is 0 Å². The van der Waals surface area contributed by atoms with Crippen LogP contribution in [-0.2, 0) is 14.3 Å². The Morgan fingerprint density at radius 1 is 0.474 bits per heavy atom. The van der Waals surface area contributed by atoms with Gasteiger partial charge in [-0.2, -0.15) is 8.42 Å². The number of hydrogen-bond acceptors (Lipinski definition) is 4. The first-order valence-electron chi connectivity index (χ1n) is 16.6. The number of unbranched alkanes of at least 4 members (excludes halogenated alkanes) is 25. The van der Waals surface area contributed by atoms with Gasteiger partial charge < -0.3 is 6.15 Å². The molecule has 0 aliphatic heterocycles. The van der Waals surface area contributed by atoms with E-state index in [4.69, 9.17) is 4.18 Å². The second-order valence-electron chi connectivity index (χ2n) is 11.4. The molecule has 38 heavy (non-hydrogen) atoms. The van der Waals surface area contributed by atoms with Crippen LogP contribution in [0.25, 0.3) is 0 Å². The molecule has 0 heterocycles. The molecular formula is C32H68FNO3S. The predicted molar refractivity (Wildman–Crippen MR) is 165 cm³/mol. The summed E-state index contributed by atoms with van der Waals surface area (Å²) >= 11 is 0. The van der Waals surface area contributed by atoms with Crippen LogP contribution in [0.15, 0.2) is 0 Å². The van der Waals surface area contributed by atoms with Crippen LogP contribution in [-0.4, -0.2) is 20.5 Å². The maximum absolute atomic E-state index is 14.1. The van der Waals surface area contributed by atoms with Crippen LogP contribution in [0.5, 0.6) is 0 Å². The topological polar surface area (TPSA) is 78.4 Å². The van der Waals surface area contributed by atoms with Gasteiger partial charge in [-0.25, -0.2) is 4.39 Å². The van der Waals surface area contributed by atoms with E-state index >= 15 is 0 Å². The largest absolute Gasteiger partial charge is 0.344 e. The molecule has 0 bridgehead atoms. The van der Waals surface area contributed by atoms with Gasteiger partial charge in [0.25, 0.3) is 10.1 Å². The van der Waals surface area contributed by atoms with Crippen LogP contribution < -0.4 is 6.15 Å². The Morgan fingerprint density at radius 2 is 0.737 bits per heavy atom. The van der Waals surface area contributed by atoms with Crippen molar-refractivity contribution >= 4 is 10.1 Å². The lowest BCUT2D eigenvalue weighted by atomic mass is 10.0. The molecule has 0 fully saturated rings. The number of halogens is 1. The highest BCUT2D eigenvalue weighted by Crippen LogP contribution is 2.18. The summed E-state index contributed by atoms with van der Waals surface area (Å²) in [4.78, 5) is 0. The molecule has 0 spiro atoms.